The first-order chi connectivity index (χ1) is 10.5. The van der Waals surface area contributed by atoms with Crippen LogP contribution in [0.1, 0.15) is 37.7 Å². The van der Waals surface area contributed by atoms with Gasteiger partial charge in [-0.05, 0) is 68.8 Å². The van der Waals surface area contributed by atoms with Gasteiger partial charge >= 0.3 is 0 Å². The summed E-state index contributed by atoms with van der Waals surface area (Å²) in [5, 5.41) is 3.60. The van der Waals surface area contributed by atoms with Crippen molar-refractivity contribution in [2.75, 3.05) is 26.4 Å². The fourth-order valence-electron chi connectivity index (χ4n) is 3.07. The SMILES string of the molecule is CN(C)CCCS/C=C/C1(c2ccc(Cl)c(Cl)c2)CCCC1. The number of hydrogen-bond donors (Lipinski definition) is 0. The standard InChI is InChI=1S/C18H25Cl2NS/c1-21(2)11-5-12-22-13-10-18(8-3-4-9-18)15-6-7-16(19)17(20)14-15/h6-7,10,13-14H,3-5,8-9,11-12H2,1-2H3/b13-10+. The van der Waals surface area contributed by atoms with Gasteiger partial charge in [0.25, 0.3) is 0 Å². The van der Waals surface area contributed by atoms with E-state index in [1.807, 2.05) is 17.8 Å². The van der Waals surface area contributed by atoms with Gasteiger partial charge in [-0.1, -0.05) is 48.2 Å². The number of benzene rings is 1. The van der Waals surface area contributed by atoms with Crippen LogP contribution in [0.15, 0.2) is 29.7 Å². The largest absolute Gasteiger partial charge is 0.309 e. The third-order valence-corrected chi connectivity index (χ3v) is 5.93. The Hall–Kier alpha value is -0.150. The normalized spacial score (nSPS) is 17.7. The zero-order valence-electron chi connectivity index (χ0n) is 13.4. The van der Waals surface area contributed by atoms with Crippen LogP contribution in [0.4, 0.5) is 0 Å². The molecule has 1 saturated carbocycles. The molecule has 1 aromatic rings. The van der Waals surface area contributed by atoms with Crippen LogP contribution in [0.25, 0.3) is 0 Å². The lowest BCUT2D eigenvalue weighted by molar-refractivity contribution is 0.410. The summed E-state index contributed by atoms with van der Waals surface area (Å²) in [5.74, 6) is 1.17. The molecule has 22 heavy (non-hydrogen) atoms. The van der Waals surface area contributed by atoms with Crippen molar-refractivity contribution in [2.24, 2.45) is 0 Å². The van der Waals surface area contributed by atoms with Crippen LogP contribution < -0.4 is 0 Å². The molecule has 1 aromatic carbocycles. The van der Waals surface area contributed by atoms with Crippen molar-refractivity contribution < 1.29 is 0 Å². The van der Waals surface area contributed by atoms with E-state index in [4.69, 9.17) is 23.2 Å². The molecule has 0 spiro atoms. The Morgan fingerprint density at radius 2 is 1.91 bits per heavy atom. The van der Waals surface area contributed by atoms with Gasteiger partial charge in [0.05, 0.1) is 10.0 Å². The van der Waals surface area contributed by atoms with Crippen LogP contribution in [0.3, 0.4) is 0 Å². The van der Waals surface area contributed by atoms with E-state index in [2.05, 4.69) is 42.6 Å². The summed E-state index contributed by atoms with van der Waals surface area (Å²) in [6.45, 7) is 1.15. The summed E-state index contributed by atoms with van der Waals surface area (Å²) in [6.07, 6.45) is 8.62. The lowest BCUT2D eigenvalue weighted by Gasteiger charge is -2.26. The fourth-order valence-corrected chi connectivity index (χ4v) is 4.16. The van der Waals surface area contributed by atoms with Gasteiger partial charge in [0.2, 0.25) is 0 Å². The highest BCUT2D eigenvalue weighted by Crippen LogP contribution is 2.44. The van der Waals surface area contributed by atoms with E-state index in [9.17, 15) is 0 Å². The van der Waals surface area contributed by atoms with Gasteiger partial charge in [0.1, 0.15) is 0 Å². The molecule has 0 aromatic heterocycles. The molecule has 1 fully saturated rings. The Bertz CT molecular complexity index is 508. The number of hydrogen-bond acceptors (Lipinski definition) is 2. The number of allylic oxidation sites excluding steroid dienone is 1. The van der Waals surface area contributed by atoms with Crippen LogP contribution in [0.5, 0.6) is 0 Å². The Balaban J connectivity index is 2.00. The van der Waals surface area contributed by atoms with Crippen molar-refractivity contribution >= 4 is 35.0 Å². The van der Waals surface area contributed by atoms with Crippen LogP contribution in [-0.4, -0.2) is 31.3 Å². The summed E-state index contributed by atoms with van der Waals surface area (Å²) in [7, 11) is 4.25. The Morgan fingerprint density at radius 1 is 1.18 bits per heavy atom. The second kappa shape index (κ2) is 8.63. The molecule has 0 atom stereocenters. The van der Waals surface area contributed by atoms with E-state index in [1.54, 1.807) is 0 Å². The molecule has 1 aliphatic rings. The summed E-state index contributed by atoms with van der Waals surface area (Å²) < 4.78 is 0. The molecule has 0 N–H and O–H groups in total. The molecule has 1 aliphatic carbocycles. The summed E-state index contributed by atoms with van der Waals surface area (Å²) in [5.41, 5.74) is 1.47. The third kappa shape index (κ3) is 4.92. The molecule has 0 aliphatic heterocycles. The molecule has 0 saturated heterocycles. The Labute approximate surface area is 149 Å². The van der Waals surface area contributed by atoms with Crippen LogP contribution in [0, 0.1) is 0 Å². The van der Waals surface area contributed by atoms with Gasteiger partial charge in [-0.15, -0.1) is 11.8 Å². The number of thioether (sulfide) groups is 1. The first-order valence-corrected chi connectivity index (χ1v) is 9.73. The average molecular weight is 358 g/mol. The van der Waals surface area contributed by atoms with Gasteiger partial charge in [-0.3, -0.25) is 0 Å². The van der Waals surface area contributed by atoms with E-state index < -0.39 is 0 Å². The quantitative estimate of drug-likeness (QED) is 0.550. The maximum absolute atomic E-state index is 6.22. The predicted octanol–water partition coefficient (Wildman–Crippen LogP) is 6.00. The highest BCUT2D eigenvalue weighted by Gasteiger charge is 2.33. The van der Waals surface area contributed by atoms with Gasteiger partial charge in [-0.25, -0.2) is 0 Å². The second-order valence-electron chi connectivity index (χ2n) is 6.32. The first kappa shape index (κ1) is 18.2. The third-order valence-electron chi connectivity index (χ3n) is 4.34. The molecule has 0 amide bonds. The minimum atomic E-state index is 0.156. The smallest absolute Gasteiger partial charge is 0.0595 e. The fraction of sp³-hybridized carbons (Fsp3) is 0.556. The van der Waals surface area contributed by atoms with Crippen LogP contribution >= 0.6 is 35.0 Å². The van der Waals surface area contributed by atoms with Gasteiger partial charge < -0.3 is 4.90 Å². The van der Waals surface area contributed by atoms with Gasteiger partial charge in [0, 0.05) is 5.41 Å². The van der Waals surface area contributed by atoms with Gasteiger partial charge in [0.15, 0.2) is 0 Å². The molecule has 2 rings (SSSR count). The molecule has 0 radical (unpaired) electrons. The lowest BCUT2D eigenvalue weighted by atomic mass is 9.79. The second-order valence-corrected chi connectivity index (χ2v) is 8.15. The molecule has 0 unspecified atom stereocenters. The van der Waals surface area contributed by atoms with Crippen molar-refractivity contribution in [3.8, 4) is 0 Å². The topological polar surface area (TPSA) is 3.24 Å². The first-order valence-electron chi connectivity index (χ1n) is 7.93. The molecule has 0 heterocycles. The van der Waals surface area contributed by atoms with Crippen molar-refractivity contribution in [2.45, 2.75) is 37.5 Å². The zero-order valence-corrected chi connectivity index (χ0v) is 15.8. The number of nitrogens with zero attached hydrogens (tertiary/aromatic N) is 1. The molecule has 0 bridgehead atoms. The van der Waals surface area contributed by atoms with Crippen LogP contribution in [0.2, 0.25) is 10.0 Å². The molecule has 1 nitrogen and oxygen atoms in total. The lowest BCUT2D eigenvalue weighted by Crippen LogP contribution is -2.18. The van der Waals surface area contributed by atoms with Gasteiger partial charge in [-0.2, -0.15) is 0 Å². The van der Waals surface area contributed by atoms with Crippen molar-refractivity contribution in [3.63, 3.8) is 0 Å². The van der Waals surface area contributed by atoms with Crippen molar-refractivity contribution in [3.05, 3.63) is 45.3 Å². The summed E-state index contributed by atoms with van der Waals surface area (Å²) >= 11 is 14.2. The molecular formula is C18H25Cl2NS. The van der Waals surface area contributed by atoms with Crippen molar-refractivity contribution in [1.82, 2.24) is 4.90 Å². The molecule has 122 valence electrons. The van der Waals surface area contributed by atoms with E-state index in [-0.39, 0.29) is 5.41 Å². The van der Waals surface area contributed by atoms with E-state index in [0.717, 1.165) is 6.54 Å². The Kier molecular flexibility index (Phi) is 7.14. The maximum Gasteiger partial charge on any atom is 0.0595 e. The summed E-state index contributed by atoms with van der Waals surface area (Å²) in [4.78, 5) is 2.23. The van der Waals surface area contributed by atoms with Crippen molar-refractivity contribution in [1.29, 1.82) is 0 Å². The summed E-state index contributed by atoms with van der Waals surface area (Å²) in [6, 6.07) is 6.12. The maximum atomic E-state index is 6.22. The molecular weight excluding hydrogens is 333 g/mol. The van der Waals surface area contributed by atoms with E-state index >= 15 is 0 Å². The predicted molar refractivity (Wildman–Crippen MR) is 101 cm³/mol. The molecule has 4 heteroatoms. The minimum Gasteiger partial charge on any atom is -0.309 e. The number of halogens is 2. The Morgan fingerprint density at radius 3 is 2.55 bits per heavy atom. The monoisotopic (exact) mass is 357 g/mol. The van der Waals surface area contributed by atoms with E-state index in [1.165, 1.54) is 43.4 Å². The van der Waals surface area contributed by atoms with E-state index in [0.29, 0.717) is 10.0 Å². The number of rotatable bonds is 7. The highest BCUT2D eigenvalue weighted by molar-refractivity contribution is 8.02. The zero-order chi connectivity index (χ0) is 16.0. The highest BCUT2D eigenvalue weighted by atomic mass is 35.5. The minimum absolute atomic E-state index is 0.156. The average Bonchev–Trinajstić information content (AvgIpc) is 2.95. The van der Waals surface area contributed by atoms with Crippen LogP contribution in [-0.2, 0) is 5.41 Å².